The van der Waals surface area contributed by atoms with Gasteiger partial charge in [-0.3, -0.25) is 0 Å². The van der Waals surface area contributed by atoms with Gasteiger partial charge in [-0.15, -0.1) is 5.10 Å². The Hall–Kier alpha value is -2.34. The van der Waals surface area contributed by atoms with Crippen molar-refractivity contribution in [2.45, 2.75) is 6.61 Å². The van der Waals surface area contributed by atoms with Crippen LogP contribution in [0.1, 0.15) is 11.1 Å². The molecule has 21 heavy (non-hydrogen) atoms. The van der Waals surface area contributed by atoms with Crippen LogP contribution in [0.15, 0.2) is 63.2 Å². The molecule has 0 saturated carbocycles. The van der Waals surface area contributed by atoms with Crippen LogP contribution in [0.3, 0.4) is 0 Å². The molecule has 0 saturated heterocycles. The van der Waals surface area contributed by atoms with E-state index in [0.717, 1.165) is 21.3 Å². The number of guanidine groups is 1. The number of nitrogens with two attached hydrogens (primary N) is 2. The fourth-order valence-electron chi connectivity index (χ4n) is 1.64. The summed E-state index contributed by atoms with van der Waals surface area (Å²) in [5.74, 6) is 0.678. The van der Waals surface area contributed by atoms with Gasteiger partial charge in [0.05, 0.1) is 6.21 Å². The molecule has 6 heteroatoms. The second kappa shape index (κ2) is 7.44. The van der Waals surface area contributed by atoms with Gasteiger partial charge in [0.2, 0.25) is 5.96 Å². The van der Waals surface area contributed by atoms with E-state index < -0.39 is 0 Å². The molecule has 108 valence electrons. The Labute approximate surface area is 131 Å². The van der Waals surface area contributed by atoms with Gasteiger partial charge in [0.1, 0.15) is 12.4 Å². The Bertz CT molecular complexity index is 666. The minimum atomic E-state index is -0.0756. The first-order chi connectivity index (χ1) is 10.1. The zero-order valence-electron chi connectivity index (χ0n) is 11.2. The lowest BCUT2D eigenvalue weighted by atomic mass is 10.2. The highest BCUT2D eigenvalue weighted by Gasteiger charge is 1.98. The maximum atomic E-state index is 5.75. The zero-order chi connectivity index (χ0) is 15.1. The summed E-state index contributed by atoms with van der Waals surface area (Å²) in [6, 6.07) is 15.5. The third kappa shape index (κ3) is 5.27. The molecule has 0 fully saturated rings. The fourth-order valence-corrected chi connectivity index (χ4v) is 2.09. The van der Waals surface area contributed by atoms with Gasteiger partial charge in [0, 0.05) is 4.47 Å². The number of nitrogens with zero attached hydrogens (tertiary/aromatic N) is 2. The first-order valence-electron chi connectivity index (χ1n) is 6.23. The molecule has 0 aliphatic rings. The van der Waals surface area contributed by atoms with Crippen molar-refractivity contribution in [2.75, 3.05) is 0 Å². The number of ether oxygens (including phenoxy) is 1. The summed E-state index contributed by atoms with van der Waals surface area (Å²) in [5, 5.41) is 7.31. The molecule has 0 amide bonds. The third-order valence-corrected chi connectivity index (χ3v) is 3.03. The van der Waals surface area contributed by atoms with Crippen LogP contribution in [-0.2, 0) is 6.61 Å². The average molecular weight is 347 g/mol. The lowest BCUT2D eigenvalue weighted by Crippen LogP contribution is -2.21. The molecule has 2 aromatic rings. The Balaban J connectivity index is 2.01. The number of hydrogen-bond donors (Lipinski definition) is 2. The number of halogens is 1. The Kier molecular flexibility index (Phi) is 5.34. The number of rotatable bonds is 5. The molecule has 5 nitrogen and oxygen atoms in total. The molecule has 0 heterocycles. The highest BCUT2D eigenvalue weighted by atomic mass is 79.9. The van der Waals surface area contributed by atoms with E-state index >= 15 is 0 Å². The summed E-state index contributed by atoms with van der Waals surface area (Å²) in [6.07, 6.45) is 1.56. The summed E-state index contributed by atoms with van der Waals surface area (Å²) in [5.41, 5.74) is 12.3. The van der Waals surface area contributed by atoms with Crippen molar-refractivity contribution >= 4 is 28.1 Å². The van der Waals surface area contributed by atoms with Gasteiger partial charge in [0.15, 0.2) is 0 Å². The van der Waals surface area contributed by atoms with Crippen LogP contribution in [0.2, 0.25) is 0 Å². The smallest absolute Gasteiger partial charge is 0.211 e. The molecule has 0 bridgehead atoms. The maximum absolute atomic E-state index is 5.75. The number of hydrogen-bond acceptors (Lipinski definition) is 3. The van der Waals surface area contributed by atoms with Crippen molar-refractivity contribution < 1.29 is 4.74 Å². The van der Waals surface area contributed by atoms with Crippen LogP contribution in [0.25, 0.3) is 0 Å². The molecule has 2 aromatic carbocycles. The highest BCUT2D eigenvalue weighted by molar-refractivity contribution is 9.10. The largest absolute Gasteiger partial charge is 0.489 e. The number of benzene rings is 2. The standard InChI is InChI=1S/C15H15BrN4O/c16-13-5-1-4-12(7-13)10-21-14-6-2-3-11(8-14)9-19-20-15(17)18/h1-9H,10H2,(H4,17,18,20). The second-order valence-electron chi connectivity index (χ2n) is 4.26. The zero-order valence-corrected chi connectivity index (χ0v) is 12.8. The lowest BCUT2D eigenvalue weighted by Gasteiger charge is -2.07. The van der Waals surface area contributed by atoms with E-state index in [-0.39, 0.29) is 5.96 Å². The average Bonchev–Trinajstić information content (AvgIpc) is 2.45. The van der Waals surface area contributed by atoms with E-state index in [1.165, 1.54) is 0 Å². The maximum Gasteiger partial charge on any atom is 0.211 e. The fraction of sp³-hybridized carbons (Fsp3) is 0.0667. The quantitative estimate of drug-likeness (QED) is 0.495. The van der Waals surface area contributed by atoms with Gasteiger partial charge in [-0.2, -0.15) is 5.10 Å². The first kappa shape index (κ1) is 15.1. The normalized spacial score (nSPS) is 10.5. The summed E-state index contributed by atoms with van der Waals surface area (Å²) >= 11 is 3.43. The van der Waals surface area contributed by atoms with Crippen LogP contribution >= 0.6 is 15.9 Å². The van der Waals surface area contributed by atoms with E-state index in [9.17, 15) is 0 Å². The van der Waals surface area contributed by atoms with Gasteiger partial charge in [0.25, 0.3) is 0 Å². The molecule has 0 aliphatic heterocycles. The van der Waals surface area contributed by atoms with Crippen molar-refractivity contribution in [2.24, 2.45) is 21.7 Å². The van der Waals surface area contributed by atoms with Crippen LogP contribution < -0.4 is 16.2 Å². The van der Waals surface area contributed by atoms with Crippen molar-refractivity contribution in [3.8, 4) is 5.75 Å². The Morgan fingerprint density at radius 1 is 1.14 bits per heavy atom. The Morgan fingerprint density at radius 3 is 2.71 bits per heavy atom. The third-order valence-electron chi connectivity index (χ3n) is 2.53. The summed E-state index contributed by atoms with van der Waals surface area (Å²) in [4.78, 5) is 0. The molecule has 0 aliphatic carbocycles. The van der Waals surface area contributed by atoms with E-state index in [1.807, 2.05) is 48.5 Å². The van der Waals surface area contributed by atoms with Crippen molar-refractivity contribution in [1.82, 2.24) is 0 Å². The van der Waals surface area contributed by atoms with E-state index in [0.29, 0.717) is 6.61 Å². The predicted molar refractivity (Wildman–Crippen MR) is 88.3 cm³/mol. The minimum Gasteiger partial charge on any atom is -0.489 e. The van der Waals surface area contributed by atoms with Gasteiger partial charge >= 0.3 is 0 Å². The van der Waals surface area contributed by atoms with Gasteiger partial charge in [-0.1, -0.05) is 40.2 Å². The van der Waals surface area contributed by atoms with Crippen LogP contribution in [0.4, 0.5) is 0 Å². The lowest BCUT2D eigenvalue weighted by molar-refractivity contribution is 0.306. The molecule has 0 spiro atoms. The van der Waals surface area contributed by atoms with Crippen molar-refractivity contribution in [3.05, 3.63) is 64.1 Å². The molecule has 2 rings (SSSR count). The molecule has 0 unspecified atom stereocenters. The van der Waals surface area contributed by atoms with Crippen LogP contribution in [0.5, 0.6) is 5.75 Å². The highest BCUT2D eigenvalue weighted by Crippen LogP contribution is 2.16. The first-order valence-corrected chi connectivity index (χ1v) is 7.02. The van der Waals surface area contributed by atoms with Crippen molar-refractivity contribution in [3.63, 3.8) is 0 Å². The van der Waals surface area contributed by atoms with Crippen LogP contribution in [-0.4, -0.2) is 12.2 Å². The van der Waals surface area contributed by atoms with E-state index in [1.54, 1.807) is 6.21 Å². The van der Waals surface area contributed by atoms with E-state index in [2.05, 4.69) is 26.1 Å². The van der Waals surface area contributed by atoms with Gasteiger partial charge in [-0.25, -0.2) is 0 Å². The second-order valence-corrected chi connectivity index (χ2v) is 5.18. The minimum absolute atomic E-state index is 0.0756. The Morgan fingerprint density at radius 2 is 1.95 bits per heavy atom. The molecule has 4 N–H and O–H groups in total. The summed E-state index contributed by atoms with van der Waals surface area (Å²) in [7, 11) is 0. The SMILES string of the molecule is NC(N)=NN=Cc1cccc(OCc2cccc(Br)c2)c1. The molecule has 0 radical (unpaired) electrons. The van der Waals surface area contributed by atoms with Crippen LogP contribution in [0, 0.1) is 0 Å². The topological polar surface area (TPSA) is 86.0 Å². The van der Waals surface area contributed by atoms with Gasteiger partial charge in [-0.05, 0) is 35.4 Å². The predicted octanol–water partition coefficient (Wildman–Crippen LogP) is 2.64. The summed E-state index contributed by atoms with van der Waals surface area (Å²) in [6.45, 7) is 0.494. The molecular formula is C15H15BrN4O. The molecular weight excluding hydrogens is 332 g/mol. The monoisotopic (exact) mass is 346 g/mol. The summed E-state index contributed by atoms with van der Waals surface area (Å²) < 4.78 is 6.78. The van der Waals surface area contributed by atoms with E-state index in [4.69, 9.17) is 16.2 Å². The molecule has 0 aromatic heterocycles. The van der Waals surface area contributed by atoms with Crippen molar-refractivity contribution in [1.29, 1.82) is 0 Å². The molecule has 0 atom stereocenters. The van der Waals surface area contributed by atoms with Gasteiger partial charge < -0.3 is 16.2 Å².